The van der Waals surface area contributed by atoms with Crippen molar-refractivity contribution in [2.24, 2.45) is 0 Å². The van der Waals surface area contributed by atoms with E-state index in [1.165, 1.54) is 6.20 Å². The Labute approximate surface area is 120 Å². The summed E-state index contributed by atoms with van der Waals surface area (Å²) in [6, 6.07) is 0. The highest BCUT2D eigenvalue weighted by atomic mass is 127. The Morgan fingerprint density at radius 2 is 2.18 bits per heavy atom. The molecule has 0 aliphatic heterocycles. The summed E-state index contributed by atoms with van der Waals surface area (Å²) < 4.78 is 6.01. The summed E-state index contributed by atoms with van der Waals surface area (Å²) >= 11 is 7.98. The molecule has 0 unspecified atom stereocenters. The average molecular weight is 366 g/mol. The van der Waals surface area contributed by atoms with E-state index < -0.39 is 11.7 Å². The van der Waals surface area contributed by atoms with Gasteiger partial charge < -0.3 is 4.74 Å². The number of rotatable bonds is 1. The molecule has 0 bridgehead atoms. The highest BCUT2D eigenvalue weighted by Gasteiger charge is 2.17. The fraction of sp³-hybridized carbons (Fsp3) is 0.400. The normalized spacial score (nSPS) is 11.1. The second-order valence-electron chi connectivity index (χ2n) is 4.53. The van der Waals surface area contributed by atoms with E-state index in [1.54, 1.807) is 0 Å². The maximum Gasteiger partial charge on any atom is 0.412 e. The number of halogens is 2. The maximum absolute atomic E-state index is 11.6. The number of nitrogens with zero attached hydrogens (tertiary/aromatic N) is 1. The number of ether oxygens (including phenoxy) is 1. The van der Waals surface area contributed by atoms with Crippen LogP contribution in [-0.4, -0.2) is 24.5 Å². The molecule has 1 amide bonds. The summed E-state index contributed by atoms with van der Waals surface area (Å²) in [7, 11) is 1.84. The molecule has 0 saturated heterocycles. The van der Waals surface area contributed by atoms with Crippen LogP contribution in [0.2, 0.25) is 5.15 Å². The van der Waals surface area contributed by atoms with Gasteiger partial charge in [-0.3, -0.25) is 5.32 Å². The molecule has 0 spiro atoms. The third kappa shape index (κ3) is 4.35. The molecule has 92 valence electrons. The smallest absolute Gasteiger partial charge is 0.412 e. The Morgan fingerprint density at radius 1 is 1.59 bits per heavy atom. The summed E-state index contributed by atoms with van der Waals surface area (Å²) in [6.07, 6.45) is 1.01. The first-order chi connectivity index (χ1) is 7.70. The minimum atomic E-state index is -0.523. The maximum atomic E-state index is 11.6. The summed E-state index contributed by atoms with van der Waals surface area (Å²) in [6.45, 7) is 5.43. The van der Waals surface area contributed by atoms with Crippen molar-refractivity contribution in [3.8, 4) is 0 Å². The first-order valence-corrected chi connectivity index (χ1v) is 6.47. The molecular formula is C10H13BClIN2O2. The Balaban J connectivity index is 2.83. The minimum absolute atomic E-state index is 0.434. The molecule has 1 aromatic heterocycles. The van der Waals surface area contributed by atoms with Crippen LogP contribution in [0.5, 0.6) is 0 Å². The van der Waals surface area contributed by atoms with Crippen molar-refractivity contribution in [3.05, 3.63) is 14.9 Å². The van der Waals surface area contributed by atoms with Crippen molar-refractivity contribution in [2.45, 2.75) is 26.4 Å². The zero-order valence-corrected chi connectivity index (χ0v) is 13.0. The van der Waals surface area contributed by atoms with Gasteiger partial charge in [0.2, 0.25) is 0 Å². The topological polar surface area (TPSA) is 51.2 Å². The van der Waals surface area contributed by atoms with Crippen LogP contribution in [0, 0.1) is 3.57 Å². The van der Waals surface area contributed by atoms with Crippen LogP contribution in [0.1, 0.15) is 20.8 Å². The van der Waals surface area contributed by atoms with Crippen LogP contribution in [0.25, 0.3) is 0 Å². The van der Waals surface area contributed by atoms with Gasteiger partial charge in [-0.2, -0.15) is 0 Å². The molecule has 1 N–H and O–H groups in total. The number of nitrogens with one attached hydrogen (secondary N) is 1. The van der Waals surface area contributed by atoms with E-state index in [0.717, 1.165) is 9.03 Å². The van der Waals surface area contributed by atoms with E-state index >= 15 is 0 Å². The lowest BCUT2D eigenvalue weighted by atomic mass is 9.98. The van der Waals surface area contributed by atoms with Gasteiger partial charge in [-0.25, -0.2) is 9.78 Å². The molecule has 7 heteroatoms. The molecule has 1 aromatic rings. The van der Waals surface area contributed by atoms with Crippen LogP contribution in [-0.2, 0) is 4.74 Å². The second-order valence-corrected chi connectivity index (χ2v) is 5.97. The van der Waals surface area contributed by atoms with Crippen LogP contribution in [0.15, 0.2) is 6.20 Å². The zero-order valence-electron chi connectivity index (χ0n) is 10.1. The summed E-state index contributed by atoms with van der Waals surface area (Å²) in [5.74, 6) is 0. The van der Waals surface area contributed by atoms with Gasteiger partial charge in [-0.05, 0) is 48.8 Å². The van der Waals surface area contributed by atoms with E-state index in [-0.39, 0.29) is 0 Å². The van der Waals surface area contributed by atoms with E-state index in [2.05, 4.69) is 32.9 Å². The van der Waals surface area contributed by atoms with E-state index in [4.69, 9.17) is 16.3 Å². The third-order valence-electron chi connectivity index (χ3n) is 1.82. The van der Waals surface area contributed by atoms with Crippen LogP contribution in [0.3, 0.4) is 0 Å². The number of carbonyl (C=O) groups is 1. The van der Waals surface area contributed by atoms with Gasteiger partial charge in [-0.1, -0.05) is 11.6 Å². The highest BCUT2D eigenvalue weighted by molar-refractivity contribution is 14.1. The number of hydrogen-bond acceptors (Lipinski definition) is 3. The van der Waals surface area contributed by atoms with Crippen molar-refractivity contribution in [1.82, 2.24) is 4.98 Å². The zero-order chi connectivity index (χ0) is 13.2. The molecule has 0 aliphatic carbocycles. The number of pyridine rings is 1. The van der Waals surface area contributed by atoms with Gasteiger partial charge in [0.15, 0.2) is 0 Å². The molecule has 17 heavy (non-hydrogen) atoms. The van der Waals surface area contributed by atoms with Crippen molar-refractivity contribution < 1.29 is 9.53 Å². The SMILES string of the molecule is Bc1c(Cl)ncc(NC(=O)OC(C)(C)C)c1I. The van der Waals surface area contributed by atoms with Gasteiger partial charge in [0, 0.05) is 3.57 Å². The molecule has 0 aliphatic rings. The highest BCUT2D eigenvalue weighted by Crippen LogP contribution is 2.18. The molecular weight excluding hydrogens is 353 g/mol. The molecule has 0 atom stereocenters. The standard InChI is InChI=1S/C10H13BClIN2O2/c1-10(2,3)17-9(16)15-5-4-14-8(12)6(11)7(5)13/h4H,11H2,1-3H3,(H,15,16). The number of hydrogen-bond donors (Lipinski definition) is 1. The fourth-order valence-electron chi connectivity index (χ4n) is 1.07. The predicted octanol–water partition coefficient (Wildman–Crippen LogP) is 1.94. The molecule has 1 heterocycles. The molecule has 0 saturated carbocycles. The Hall–Kier alpha value is -0.495. The number of amides is 1. The summed E-state index contributed by atoms with van der Waals surface area (Å²) in [5.41, 5.74) is 0.910. The largest absolute Gasteiger partial charge is 0.444 e. The summed E-state index contributed by atoms with van der Waals surface area (Å²) in [4.78, 5) is 15.6. The molecule has 1 rings (SSSR count). The molecule has 4 nitrogen and oxygen atoms in total. The lowest BCUT2D eigenvalue weighted by molar-refractivity contribution is 0.0636. The van der Waals surface area contributed by atoms with E-state index in [0.29, 0.717) is 10.8 Å². The van der Waals surface area contributed by atoms with Gasteiger partial charge in [0.05, 0.1) is 11.9 Å². The Morgan fingerprint density at radius 3 is 2.71 bits per heavy atom. The third-order valence-corrected chi connectivity index (χ3v) is 3.59. The van der Waals surface area contributed by atoms with Gasteiger partial charge in [0.25, 0.3) is 0 Å². The lowest BCUT2D eigenvalue weighted by Gasteiger charge is -2.20. The Bertz CT molecular complexity index is 449. The number of aromatic nitrogens is 1. The molecule has 0 radical (unpaired) electrons. The van der Waals surface area contributed by atoms with Crippen LogP contribution < -0.4 is 10.8 Å². The van der Waals surface area contributed by atoms with Crippen molar-refractivity contribution in [2.75, 3.05) is 5.32 Å². The fourth-order valence-corrected chi connectivity index (χ4v) is 1.90. The second kappa shape index (κ2) is 5.43. The van der Waals surface area contributed by atoms with Crippen LogP contribution >= 0.6 is 34.2 Å². The predicted molar refractivity (Wildman–Crippen MR) is 80.0 cm³/mol. The van der Waals surface area contributed by atoms with E-state index in [9.17, 15) is 4.79 Å². The first kappa shape index (κ1) is 14.6. The van der Waals surface area contributed by atoms with Crippen molar-refractivity contribution in [1.29, 1.82) is 0 Å². The van der Waals surface area contributed by atoms with Gasteiger partial charge >= 0.3 is 6.09 Å². The van der Waals surface area contributed by atoms with Crippen molar-refractivity contribution >= 4 is 59.3 Å². The number of anilines is 1. The monoisotopic (exact) mass is 366 g/mol. The van der Waals surface area contributed by atoms with Gasteiger partial charge in [-0.15, -0.1) is 0 Å². The summed E-state index contributed by atoms with van der Waals surface area (Å²) in [5, 5.41) is 3.08. The quantitative estimate of drug-likeness (QED) is 0.470. The lowest BCUT2D eigenvalue weighted by Crippen LogP contribution is -2.28. The van der Waals surface area contributed by atoms with Crippen LogP contribution in [0.4, 0.5) is 10.5 Å². The minimum Gasteiger partial charge on any atom is -0.444 e. The van der Waals surface area contributed by atoms with E-state index in [1.807, 2.05) is 28.6 Å². The van der Waals surface area contributed by atoms with Gasteiger partial charge in [0.1, 0.15) is 18.6 Å². The Kier molecular flexibility index (Phi) is 4.65. The molecule has 0 aromatic carbocycles. The average Bonchev–Trinajstić information content (AvgIpc) is 2.16. The van der Waals surface area contributed by atoms with Crippen molar-refractivity contribution in [3.63, 3.8) is 0 Å². The molecule has 0 fully saturated rings. The number of carbonyl (C=O) groups excluding carboxylic acids is 1. The first-order valence-electron chi connectivity index (χ1n) is 5.01.